The molecule has 0 N–H and O–H groups in total. The van der Waals surface area contributed by atoms with E-state index in [0.29, 0.717) is 5.56 Å². The minimum atomic E-state index is -3.55. The van der Waals surface area contributed by atoms with Crippen LogP contribution in [0.4, 0.5) is 0 Å². The van der Waals surface area contributed by atoms with Crippen molar-refractivity contribution < 1.29 is 23.1 Å². The van der Waals surface area contributed by atoms with Crippen molar-refractivity contribution in [3.05, 3.63) is 35.9 Å². The lowest BCUT2D eigenvalue weighted by Crippen LogP contribution is -2.31. The van der Waals surface area contributed by atoms with E-state index in [1.54, 1.807) is 13.8 Å². The molecule has 2 atom stereocenters. The van der Waals surface area contributed by atoms with Gasteiger partial charge in [-0.25, -0.2) is 4.79 Å². The van der Waals surface area contributed by atoms with Crippen LogP contribution >= 0.6 is 7.60 Å². The van der Waals surface area contributed by atoms with Crippen LogP contribution in [0.2, 0.25) is 0 Å². The fourth-order valence-corrected chi connectivity index (χ4v) is 4.55. The molecule has 9 heteroatoms. The lowest BCUT2D eigenvalue weighted by molar-refractivity contribution is -0.142. The first kappa shape index (κ1) is 18.6. The van der Waals surface area contributed by atoms with Gasteiger partial charge >= 0.3 is 13.6 Å². The molecule has 2 rings (SSSR count). The van der Waals surface area contributed by atoms with Crippen molar-refractivity contribution in [1.82, 2.24) is 5.01 Å². The summed E-state index contributed by atoms with van der Waals surface area (Å²) >= 11 is 0. The van der Waals surface area contributed by atoms with Gasteiger partial charge in [0.25, 0.3) is 0 Å². The van der Waals surface area contributed by atoms with Gasteiger partial charge in [-0.05, 0) is 19.4 Å². The molecule has 1 aromatic rings. The second kappa shape index (κ2) is 8.37. The van der Waals surface area contributed by atoms with Gasteiger partial charge in [0, 0.05) is 0 Å². The number of methoxy groups -OCH3 is 1. The normalized spacial score (nSPS) is 18.6. The maximum absolute atomic E-state index is 13.3. The third-order valence-corrected chi connectivity index (χ3v) is 5.84. The summed E-state index contributed by atoms with van der Waals surface area (Å²) < 4.78 is 29.0. The summed E-state index contributed by atoms with van der Waals surface area (Å²) in [5.74, 6) is -1.27. The van der Waals surface area contributed by atoms with Gasteiger partial charge in [0.15, 0.2) is 11.8 Å². The minimum absolute atomic E-state index is 0.149. The lowest BCUT2D eigenvalue weighted by atomic mass is 10.2. The maximum atomic E-state index is 13.3. The van der Waals surface area contributed by atoms with Crippen molar-refractivity contribution in [3.63, 3.8) is 0 Å². The first-order valence-corrected chi connectivity index (χ1v) is 9.35. The Labute approximate surface area is 141 Å². The number of benzene rings is 1. The second-order valence-corrected chi connectivity index (χ2v) is 7.11. The van der Waals surface area contributed by atoms with Crippen LogP contribution in [0.15, 0.2) is 40.7 Å². The molecule has 0 bridgehead atoms. The Morgan fingerprint density at radius 1 is 1.29 bits per heavy atom. The van der Waals surface area contributed by atoms with Crippen molar-refractivity contribution in [3.8, 4) is 0 Å². The molecule has 0 fully saturated rings. The van der Waals surface area contributed by atoms with Crippen LogP contribution in [0, 0.1) is 0 Å². The molecule has 0 aliphatic carbocycles. The van der Waals surface area contributed by atoms with Gasteiger partial charge in [-0.1, -0.05) is 35.6 Å². The summed E-state index contributed by atoms with van der Waals surface area (Å²) in [5.41, 5.74) is 0.715. The van der Waals surface area contributed by atoms with E-state index in [1.807, 2.05) is 30.3 Å². The largest absolute Gasteiger partial charge is 0.467 e. The molecule has 1 aliphatic heterocycles. The Kier molecular flexibility index (Phi) is 6.48. The van der Waals surface area contributed by atoms with Crippen LogP contribution < -0.4 is 0 Å². The summed E-state index contributed by atoms with van der Waals surface area (Å²) in [4.78, 5) is 11.7. The molecular weight excluding hydrogens is 333 g/mol. The van der Waals surface area contributed by atoms with Crippen molar-refractivity contribution in [1.29, 1.82) is 0 Å². The number of rotatable bonds is 8. The summed E-state index contributed by atoms with van der Waals surface area (Å²) in [6.07, 6.45) is 0. The van der Waals surface area contributed by atoms with Gasteiger partial charge in [0.05, 0.1) is 26.9 Å². The Hall–Kier alpha value is -1.76. The topological polar surface area (TPSA) is 89.8 Å². The highest BCUT2D eigenvalue weighted by molar-refractivity contribution is 7.54. The number of carbonyl (C=O) groups excluding carboxylic acids is 1. The first-order valence-electron chi connectivity index (χ1n) is 7.74. The fraction of sp³-hybridized carbons (Fsp3) is 0.533. The lowest BCUT2D eigenvalue weighted by Gasteiger charge is -2.31. The molecule has 8 nitrogen and oxygen atoms in total. The summed E-state index contributed by atoms with van der Waals surface area (Å²) in [6, 6.07) is 8.39. The average Bonchev–Trinajstić information content (AvgIpc) is 3.05. The molecule has 0 saturated carbocycles. The van der Waals surface area contributed by atoms with Gasteiger partial charge in [0.2, 0.25) is 0 Å². The quantitative estimate of drug-likeness (QED) is 0.525. The smallest absolute Gasteiger partial charge is 0.359 e. The standard InChI is InChI=1S/C15H22N3O5P/c1-4-22-24(20,23-5-2)14(12-9-7-6-8-10-12)18-11-13(16-17-18)15(19)21-3/h6-10,13-14H,4-5,11H2,1-3H3/t13-,14+/m1/s1. The van der Waals surface area contributed by atoms with E-state index in [2.05, 4.69) is 10.3 Å². The van der Waals surface area contributed by atoms with Crippen LogP contribution in [-0.2, 0) is 23.1 Å². The van der Waals surface area contributed by atoms with Crippen molar-refractivity contribution in [2.24, 2.45) is 10.3 Å². The van der Waals surface area contributed by atoms with E-state index in [-0.39, 0.29) is 19.8 Å². The maximum Gasteiger partial charge on any atom is 0.359 e. The van der Waals surface area contributed by atoms with Crippen molar-refractivity contribution in [2.45, 2.75) is 25.7 Å². The highest BCUT2D eigenvalue weighted by Crippen LogP contribution is 2.62. The summed E-state index contributed by atoms with van der Waals surface area (Å²) in [6.45, 7) is 4.10. The molecule has 1 aromatic carbocycles. The van der Waals surface area contributed by atoms with Gasteiger partial charge in [0.1, 0.15) is 0 Å². The highest BCUT2D eigenvalue weighted by Gasteiger charge is 2.44. The predicted molar refractivity (Wildman–Crippen MR) is 87.4 cm³/mol. The number of carbonyl (C=O) groups is 1. The van der Waals surface area contributed by atoms with E-state index < -0.39 is 25.4 Å². The zero-order valence-corrected chi connectivity index (χ0v) is 14.9. The van der Waals surface area contributed by atoms with E-state index in [9.17, 15) is 9.36 Å². The monoisotopic (exact) mass is 355 g/mol. The second-order valence-electron chi connectivity index (χ2n) is 5.03. The van der Waals surface area contributed by atoms with E-state index in [4.69, 9.17) is 13.8 Å². The molecule has 1 heterocycles. The molecule has 0 aromatic heterocycles. The molecular formula is C15H22N3O5P. The highest BCUT2D eigenvalue weighted by atomic mass is 31.2. The number of esters is 1. The number of nitrogens with zero attached hydrogens (tertiary/aromatic N) is 3. The summed E-state index contributed by atoms with van der Waals surface area (Å²) in [5, 5.41) is 9.41. The van der Waals surface area contributed by atoms with E-state index in [0.717, 1.165) is 0 Å². The molecule has 0 saturated heterocycles. The summed E-state index contributed by atoms with van der Waals surface area (Å²) in [7, 11) is -2.25. The Balaban J connectivity index is 2.36. The van der Waals surface area contributed by atoms with Crippen LogP contribution in [0.3, 0.4) is 0 Å². The molecule has 132 valence electrons. The fourth-order valence-electron chi connectivity index (χ4n) is 2.47. The molecule has 0 unspecified atom stereocenters. The van der Waals surface area contributed by atoms with Crippen LogP contribution in [-0.4, -0.2) is 43.9 Å². The van der Waals surface area contributed by atoms with E-state index in [1.165, 1.54) is 12.1 Å². The third kappa shape index (κ3) is 4.01. The Morgan fingerprint density at radius 2 is 1.92 bits per heavy atom. The van der Waals surface area contributed by atoms with Crippen LogP contribution in [0.25, 0.3) is 0 Å². The number of hydrogen-bond donors (Lipinski definition) is 0. The minimum Gasteiger partial charge on any atom is -0.467 e. The van der Waals surface area contributed by atoms with Crippen molar-refractivity contribution in [2.75, 3.05) is 26.9 Å². The molecule has 0 spiro atoms. The Morgan fingerprint density at radius 3 is 2.46 bits per heavy atom. The zero-order valence-electron chi connectivity index (χ0n) is 14.0. The average molecular weight is 355 g/mol. The zero-order chi connectivity index (χ0) is 17.6. The molecule has 0 radical (unpaired) electrons. The van der Waals surface area contributed by atoms with E-state index >= 15 is 0 Å². The van der Waals surface area contributed by atoms with Gasteiger partial charge in [-0.15, -0.1) is 0 Å². The van der Waals surface area contributed by atoms with Crippen LogP contribution in [0.5, 0.6) is 0 Å². The van der Waals surface area contributed by atoms with Gasteiger partial charge in [-0.2, -0.15) is 5.11 Å². The number of hydrogen-bond acceptors (Lipinski definition) is 8. The van der Waals surface area contributed by atoms with Gasteiger partial charge < -0.3 is 13.8 Å². The van der Waals surface area contributed by atoms with Crippen LogP contribution in [0.1, 0.15) is 25.2 Å². The molecule has 0 amide bonds. The predicted octanol–water partition coefficient (Wildman–Crippen LogP) is 3.18. The number of ether oxygens (including phenoxy) is 1. The van der Waals surface area contributed by atoms with Gasteiger partial charge in [-0.3, -0.25) is 9.57 Å². The SMILES string of the molecule is CCOP(=O)(OCC)[C@@H](c1ccccc1)N1C[C@H](C(=O)OC)N=N1. The van der Waals surface area contributed by atoms with Crippen molar-refractivity contribution >= 4 is 13.6 Å². The molecule has 1 aliphatic rings. The molecule has 24 heavy (non-hydrogen) atoms. The third-order valence-electron chi connectivity index (χ3n) is 3.44. The Bertz CT molecular complexity index is 615. The first-order chi connectivity index (χ1) is 11.6.